The topological polar surface area (TPSA) is 58.0 Å². The van der Waals surface area contributed by atoms with Gasteiger partial charge in [0, 0.05) is 18.8 Å². The normalized spacial score (nSPS) is 17.3. The minimum atomic E-state index is -1.52. The first-order valence-corrected chi connectivity index (χ1v) is 3.97. The fourth-order valence-corrected chi connectivity index (χ4v) is 1.32. The van der Waals surface area contributed by atoms with Crippen molar-refractivity contribution >= 4 is 5.97 Å². The van der Waals surface area contributed by atoms with Crippen molar-refractivity contribution in [2.75, 3.05) is 0 Å². The van der Waals surface area contributed by atoms with Gasteiger partial charge in [-0.3, -0.25) is 4.68 Å². The van der Waals surface area contributed by atoms with Crippen LogP contribution in [0.25, 0.3) is 0 Å². The minimum Gasteiger partial charge on any atom is -0.545 e. The Kier molecular flexibility index (Phi) is 3.53. The third-order valence-corrected chi connectivity index (χ3v) is 2.16. The molecule has 0 bridgehead atoms. The number of rotatable bonds is 2. The number of carbonyl (C=O) groups is 1. The Labute approximate surface area is 123 Å². The summed E-state index contributed by atoms with van der Waals surface area (Å²) < 4.78 is 14.8. The largest absolute Gasteiger partial charge is 1.00 e. The summed E-state index contributed by atoms with van der Waals surface area (Å²) in [6.07, 6.45) is 1.97. The van der Waals surface area contributed by atoms with Gasteiger partial charge in [0.1, 0.15) is 5.69 Å². The molecule has 14 heavy (non-hydrogen) atoms. The summed E-state index contributed by atoms with van der Waals surface area (Å²) in [6.45, 7) is 0. The Morgan fingerprint density at radius 2 is 2.29 bits per heavy atom. The first-order valence-electron chi connectivity index (χ1n) is 3.97. The number of carboxylic acids is 1. The van der Waals surface area contributed by atoms with Gasteiger partial charge in [-0.2, -0.15) is 5.10 Å². The van der Waals surface area contributed by atoms with Crippen molar-refractivity contribution in [2.24, 2.45) is 7.05 Å². The van der Waals surface area contributed by atoms with E-state index in [0.29, 0.717) is 12.8 Å². The van der Waals surface area contributed by atoms with Gasteiger partial charge in [0.25, 0.3) is 0 Å². The first-order chi connectivity index (χ1) is 6.03. The van der Waals surface area contributed by atoms with Crippen LogP contribution in [0.5, 0.6) is 0 Å². The molecule has 0 aliphatic heterocycles. The van der Waals surface area contributed by atoms with Crippen LogP contribution in [-0.4, -0.2) is 15.7 Å². The van der Waals surface area contributed by atoms with Crippen LogP contribution in [0.2, 0.25) is 0 Å². The Morgan fingerprint density at radius 1 is 1.71 bits per heavy atom. The zero-order valence-electron chi connectivity index (χ0n) is 8.08. The van der Waals surface area contributed by atoms with Gasteiger partial charge in [-0.25, -0.2) is 4.39 Å². The Bertz CT molecular complexity index is 373. The van der Waals surface area contributed by atoms with Crippen LogP contribution < -0.4 is 56.5 Å². The molecule has 1 saturated carbocycles. The predicted octanol–water partition coefficient (Wildman–Crippen LogP) is -3.25. The van der Waals surface area contributed by atoms with E-state index < -0.39 is 11.6 Å². The molecule has 1 aromatic rings. The van der Waals surface area contributed by atoms with E-state index in [2.05, 4.69) is 5.10 Å². The van der Waals surface area contributed by atoms with E-state index in [9.17, 15) is 14.3 Å². The summed E-state index contributed by atoms with van der Waals surface area (Å²) in [5.41, 5.74) is -1.64. The molecular weight excluding hydrogens is 214 g/mol. The quantitative estimate of drug-likeness (QED) is 0.494. The molecule has 2 rings (SSSR count). The van der Waals surface area contributed by atoms with Crippen molar-refractivity contribution in [1.82, 2.24) is 9.78 Å². The molecular formula is C8H8FKN2O2. The number of hydrogen-bond acceptors (Lipinski definition) is 3. The number of nitrogens with zero attached hydrogens (tertiary/aromatic N) is 2. The molecule has 6 heteroatoms. The number of carbonyl (C=O) groups excluding carboxylic acids is 1. The van der Waals surface area contributed by atoms with Crippen molar-refractivity contribution < 1.29 is 65.7 Å². The van der Waals surface area contributed by atoms with Crippen LogP contribution in [0.15, 0.2) is 6.20 Å². The Morgan fingerprint density at radius 3 is 2.71 bits per heavy atom. The number of alkyl halides is 1. The van der Waals surface area contributed by atoms with E-state index >= 15 is 0 Å². The molecule has 4 nitrogen and oxygen atoms in total. The van der Waals surface area contributed by atoms with Gasteiger partial charge in [0.15, 0.2) is 5.67 Å². The van der Waals surface area contributed by atoms with Crippen LogP contribution in [0.1, 0.15) is 28.9 Å². The molecule has 1 heterocycles. The van der Waals surface area contributed by atoms with Gasteiger partial charge in [-0.1, -0.05) is 0 Å². The van der Waals surface area contributed by atoms with Gasteiger partial charge in [0.05, 0.1) is 5.97 Å². The second-order valence-electron chi connectivity index (χ2n) is 3.32. The molecule has 0 unspecified atom stereocenters. The molecule has 0 amide bonds. The van der Waals surface area contributed by atoms with Crippen molar-refractivity contribution in [2.45, 2.75) is 18.5 Å². The molecule has 1 aliphatic rings. The maximum absolute atomic E-state index is 13.5. The molecule has 0 aromatic carbocycles. The number of aryl methyl sites for hydroxylation is 1. The van der Waals surface area contributed by atoms with Gasteiger partial charge in [-0.15, -0.1) is 0 Å². The van der Waals surface area contributed by atoms with Gasteiger partial charge < -0.3 is 9.90 Å². The Hall–Kier alpha value is 0.246. The molecule has 1 fully saturated rings. The molecule has 0 N–H and O–H groups in total. The average Bonchev–Trinajstić information content (AvgIpc) is 2.62. The molecule has 0 saturated heterocycles. The van der Waals surface area contributed by atoms with Crippen LogP contribution in [0.4, 0.5) is 4.39 Å². The fraction of sp³-hybridized carbons (Fsp3) is 0.500. The van der Waals surface area contributed by atoms with Crippen LogP contribution >= 0.6 is 0 Å². The van der Waals surface area contributed by atoms with Crippen molar-refractivity contribution in [3.05, 3.63) is 17.5 Å². The van der Waals surface area contributed by atoms with Crippen molar-refractivity contribution in [1.29, 1.82) is 0 Å². The van der Waals surface area contributed by atoms with Crippen LogP contribution in [0, 0.1) is 0 Å². The Balaban J connectivity index is 0.000000980. The maximum Gasteiger partial charge on any atom is 1.00 e. The zero-order chi connectivity index (χ0) is 9.64. The second kappa shape index (κ2) is 4.01. The maximum atomic E-state index is 13.5. The first kappa shape index (κ1) is 12.3. The smallest absolute Gasteiger partial charge is 0.545 e. The van der Waals surface area contributed by atoms with E-state index in [4.69, 9.17) is 0 Å². The molecule has 0 radical (unpaired) electrons. The standard InChI is InChI=1S/C8H9FN2O2.K/c1-11-4-5(7(12)13)6(10-11)8(9)2-3-8;/h4H,2-3H2,1H3,(H,12,13);/q;+1/p-1. The van der Waals surface area contributed by atoms with Crippen LogP contribution in [-0.2, 0) is 12.7 Å². The molecule has 1 aromatic heterocycles. The van der Waals surface area contributed by atoms with E-state index in [1.165, 1.54) is 10.9 Å². The second-order valence-corrected chi connectivity index (χ2v) is 3.32. The number of aromatic carboxylic acids is 1. The predicted molar refractivity (Wildman–Crippen MR) is 39.6 cm³/mol. The SMILES string of the molecule is Cn1cc(C(=O)[O-])c(C2(F)CC2)n1.[K+]. The fourth-order valence-electron chi connectivity index (χ4n) is 1.32. The summed E-state index contributed by atoms with van der Waals surface area (Å²) in [6, 6.07) is 0. The molecule has 0 atom stereocenters. The van der Waals surface area contributed by atoms with Crippen LogP contribution in [0.3, 0.4) is 0 Å². The molecule has 0 spiro atoms. The monoisotopic (exact) mass is 222 g/mol. The number of halogens is 1. The van der Waals surface area contributed by atoms with Crippen molar-refractivity contribution in [3.63, 3.8) is 0 Å². The van der Waals surface area contributed by atoms with Crippen molar-refractivity contribution in [3.8, 4) is 0 Å². The van der Waals surface area contributed by atoms with Gasteiger partial charge >= 0.3 is 51.4 Å². The molecule has 70 valence electrons. The minimum absolute atomic E-state index is 0. The summed E-state index contributed by atoms with van der Waals surface area (Å²) >= 11 is 0. The third-order valence-electron chi connectivity index (χ3n) is 2.16. The summed E-state index contributed by atoms with van der Waals surface area (Å²) in [4.78, 5) is 10.6. The average molecular weight is 222 g/mol. The summed E-state index contributed by atoms with van der Waals surface area (Å²) in [5, 5.41) is 14.4. The number of carboxylic acid groups (broad SMARTS) is 1. The molecule has 1 aliphatic carbocycles. The van der Waals surface area contributed by atoms with Gasteiger partial charge in [0.2, 0.25) is 0 Å². The van der Waals surface area contributed by atoms with Gasteiger partial charge in [-0.05, 0) is 12.8 Å². The summed E-state index contributed by atoms with van der Waals surface area (Å²) in [5.74, 6) is -1.37. The number of aromatic nitrogens is 2. The van der Waals surface area contributed by atoms with E-state index in [1.54, 1.807) is 7.05 Å². The number of hydrogen-bond donors (Lipinski definition) is 0. The van der Waals surface area contributed by atoms with E-state index in [1.807, 2.05) is 0 Å². The van der Waals surface area contributed by atoms with E-state index in [-0.39, 0.29) is 62.6 Å². The third kappa shape index (κ3) is 2.09. The summed E-state index contributed by atoms with van der Waals surface area (Å²) in [7, 11) is 1.56. The van der Waals surface area contributed by atoms with E-state index in [0.717, 1.165) is 0 Å². The zero-order valence-corrected chi connectivity index (χ0v) is 11.2.